The highest BCUT2D eigenvalue weighted by Gasteiger charge is 2.25. The SMILES string of the molecule is COc1ccc(OCCCN2CCC(C(=O)Nc3ccc(Cl)cn3)CC2)cc1. The first kappa shape index (κ1) is 20.4. The molecule has 0 aliphatic carbocycles. The van der Waals surface area contributed by atoms with Gasteiger partial charge in [-0.3, -0.25) is 4.79 Å². The number of aromatic nitrogens is 1. The minimum atomic E-state index is 0.0317. The van der Waals surface area contributed by atoms with Crippen molar-refractivity contribution in [1.29, 1.82) is 0 Å². The summed E-state index contributed by atoms with van der Waals surface area (Å²) >= 11 is 5.82. The molecule has 0 radical (unpaired) electrons. The van der Waals surface area contributed by atoms with E-state index in [2.05, 4.69) is 15.2 Å². The molecular weight excluding hydrogens is 378 g/mol. The molecule has 0 bridgehead atoms. The van der Waals surface area contributed by atoms with Gasteiger partial charge in [0.25, 0.3) is 0 Å². The molecule has 150 valence electrons. The van der Waals surface area contributed by atoms with Crippen LogP contribution in [0, 0.1) is 5.92 Å². The molecule has 6 nitrogen and oxygen atoms in total. The monoisotopic (exact) mass is 403 g/mol. The van der Waals surface area contributed by atoms with E-state index in [9.17, 15) is 4.79 Å². The molecule has 2 aromatic rings. The van der Waals surface area contributed by atoms with Crippen LogP contribution in [-0.4, -0.2) is 49.1 Å². The third kappa shape index (κ3) is 6.11. The molecule has 1 N–H and O–H groups in total. The molecule has 7 heteroatoms. The van der Waals surface area contributed by atoms with E-state index in [0.29, 0.717) is 17.4 Å². The average molecular weight is 404 g/mol. The minimum Gasteiger partial charge on any atom is -0.497 e. The minimum absolute atomic E-state index is 0.0317. The maximum atomic E-state index is 12.4. The number of methoxy groups -OCH3 is 1. The van der Waals surface area contributed by atoms with Gasteiger partial charge in [-0.05, 0) is 68.8 Å². The normalized spacial score (nSPS) is 15.2. The van der Waals surface area contributed by atoms with Gasteiger partial charge in [0.15, 0.2) is 0 Å². The lowest BCUT2D eigenvalue weighted by atomic mass is 9.96. The quantitative estimate of drug-likeness (QED) is 0.678. The fourth-order valence-electron chi connectivity index (χ4n) is 3.25. The number of nitrogens with zero attached hydrogens (tertiary/aromatic N) is 2. The van der Waals surface area contributed by atoms with E-state index >= 15 is 0 Å². The Morgan fingerprint density at radius 2 is 1.89 bits per heavy atom. The van der Waals surface area contributed by atoms with Crippen LogP contribution in [0.25, 0.3) is 0 Å². The van der Waals surface area contributed by atoms with Crippen molar-refractivity contribution >= 4 is 23.3 Å². The van der Waals surface area contributed by atoms with Crippen LogP contribution in [0.1, 0.15) is 19.3 Å². The second-order valence-corrected chi connectivity index (χ2v) is 7.28. The summed E-state index contributed by atoms with van der Waals surface area (Å²) in [5, 5.41) is 3.43. The van der Waals surface area contributed by atoms with Crippen molar-refractivity contribution < 1.29 is 14.3 Å². The first-order chi connectivity index (χ1) is 13.6. The maximum absolute atomic E-state index is 12.4. The third-order valence-corrected chi connectivity index (χ3v) is 5.11. The smallest absolute Gasteiger partial charge is 0.228 e. The van der Waals surface area contributed by atoms with E-state index in [0.717, 1.165) is 50.4 Å². The number of carbonyl (C=O) groups excluding carboxylic acids is 1. The zero-order valence-corrected chi connectivity index (χ0v) is 16.8. The standard InChI is InChI=1S/C21H26ClN3O3/c1-27-18-4-6-19(7-5-18)28-14-2-11-25-12-9-16(10-13-25)21(26)24-20-8-3-17(22)15-23-20/h3-8,15-16H,2,9-14H2,1H3,(H,23,24,26). The number of benzene rings is 1. The van der Waals surface area contributed by atoms with Crippen LogP contribution < -0.4 is 14.8 Å². The molecule has 3 rings (SSSR count). The second kappa shape index (κ2) is 10.3. The van der Waals surface area contributed by atoms with E-state index in [1.54, 1.807) is 19.2 Å². The van der Waals surface area contributed by atoms with Crippen LogP contribution >= 0.6 is 11.6 Å². The Kier molecular flexibility index (Phi) is 7.51. The fourth-order valence-corrected chi connectivity index (χ4v) is 3.36. The number of nitrogens with one attached hydrogen (secondary N) is 1. The van der Waals surface area contributed by atoms with Crippen molar-refractivity contribution in [2.24, 2.45) is 5.92 Å². The number of halogens is 1. The topological polar surface area (TPSA) is 63.7 Å². The summed E-state index contributed by atoms with van der Waals surface area (Å²) in [5.41, 5.74) is 0. The third-order valence-electron chi connectivity index (χ3n) is 4.88. The van der Waals surface area contributed by atoms with E-state index in [1.165, 1.54) is 6.20 Å². The lowest BCUT2D eigenvalue weighted by Crippen LogP contribution is -2.39. The van der Waals surface area contributed by atoms with Gasteiger partial charge in [-0.1, -0.05) is 11.6 Å². The van der Waals surface area contributed by atoms with Crippen LogP contribution in [0.5, 0.6) is 11.5 Å². The number of piperidine rings is 1. The number of pyridine rings is 1. The zero-order chi connectivity index (χ0) is 19.8. The number of rotatable bonds is 8. The summed E-state index contributed by atoms with van der Waals surface area (Å²) in [7, 11) is 1.65. The Morgan fingerprint density at radius 1 is 1.18 bits per heavy atom. The molecule has 28 heavy (non-hydrogen) atoms. The van der Waals surface area contributed by atoms with Crippen LogP contribution in [0.3, 0.4) is 0 Å². The molecular formula is C21H26ClN3O3. The summed E-state index contributed by atoms with van der Waals surface area (Å²) in [6.07, 6.45) is 4.21. The Morgan fingerprint density at radius 3 is 2.54 bits per heavy atom. The van der Waals surface area contributed by atoms with Crippen molar-refractivity contribution in [3.05, 3.63) is 47.6 Å². The molecule has 1 aromatic heterocycles. The Labute approximate surface area is 170 Å². The van der Waals surface area contributed by atoms with E-state index in [-0.39, 0.29) is 11.8 Å². The predicted octanol–water partition coefficient (Wildman–Crippen LogP) is 3.86. The van der Waals surface area contributed by atoms with Crippen molar-refractivity contribution in [3.63, 3.8) is 0 Å². The summed E-state index contributed by atoms with van der Waals surface area (Å²) in [6, 6.07) is 11.1. The predicted molar refractivity (Wildman–Crippen MR) is 110 cm³/mol. The number of likely N-dealkylation sites (tertiary alicyclic amines) is 1. The molecule has 1 fully saturated rings. The number of carbonyl (C=O) groups is 1. The number of hydrogen-bond donors (Lipinski definition) is 1. The Hall–Kier alpha value is -2.31. The molecule has 0 saturated carbocycles. The van der Waals surface area contributed by atoms with Crippen LogP contribution in [0.15, 0.2) is 42.6 Å². The van der Waals surface area contributed by atoms with Crippen LogP contribution in [-0.2, 0) is 4.79 Å². The molecule has 1 amide bonds. The number of ether oxygens (including phenoxy) is 2. The van der Waals surface area contributed by atoms with E-state index < -0.39 is 0 Å². The van der Waals surface area contributed by atoms with E-state index in [1.807, 2.05) is 24.3 Å². The molecule has 1 aliphatic heterocycles. The number of amides is 1. The van der Waals surface area contributed by atoms with Gasteiger partial charge in [-0.15, -0.1) is 0 Å². The molecule has 0 atom stereocenters. The molecule has 0 spiro atoms. The van der Waals surface area contributed by atoms with Gasteiger partial charge >= 0.3 is 0 Å². The molecule has 1 aromatic carbocycles. The highest BCUT2D eigenvalue weighted by molar-refractivity contribution is 6.30. The van der Waals surface area contributed by atoms with Gasteiger partial charge in [0, 0.05) is 18.7 Å². The maximum Gasteiger partial charge on any atom is 0.228 e. The summed E-state index contributed by atoms with van der Waals surface area (Å²) in [6.45, 7) is 3.50. The highest BCUT2D eigenvalue weighted by Crippen LogP contribution is 2.20. The highest BCUT2D eigenvalue weighted by atomic mass is 35.5. The van der Waals surface area contributed by atoms with Crippen molar-refractivity contribution in [3.8, 4) is 11.5 Å². The van der Waals surface area contributed by atoms with Gasteiger partial charge in [0.1, 0.15) is 17.3 Å². The Bertz CT molecular complexity index is 744. The summed E-state index contributed by atoms with van der Waals surface area (Å²) in [4.78, 5) is 18.9. The van der Waals surface area contributed by atoms with Gasteiger partial charge in [-0.2, -0.15) is 0 Å². The van der Waals surface area contributed by atoms with Gasteiger partial charge in [0.2, 0.25) is 5.91 Å². The number of anilines is 1. The zero-order valence-electron chi connectivity index (χ0n) is 16.1. The van der Waals surface area contributed by atoms with Crippen molar-refractivity contribution in [1.82, 2.24) is 9.88 Å². The van der Waals surface area contributed by atoms with Crippen LogP contribution in [0.4, 0.5) is 5.82 Å². The lowest BCUT2D eigenvalue weighted by molar-refractivity contribution is -0.121. The van der Waals surface area contributed by atoms with Gasteiger partial charge in [0.05, 0.1) is 18.7 Å². The summed E-state index contributed by atoms with van der Waals surface area (Å²) < 4.78 is 10.9. The Balaban J connectivity index is 1.32. The first-order valence-corrected chi connectivity index (χ1v) is 9.93. The average Bonchev–Trinajstić information content (AvgIpc) is 2.73. The first-order valence-electron chi connectivity index (χ1n) is 9.55. The molecule has 2 heterocycles. The molecule has 1 aliphatic rings. The fraction of sp³-hybridized carbons (Fsp3) is 0.429. The summed E-state index contributed by atoms with van der Waals surface area (Å²) in [5.74, 6) is 2.30. The van der Waals surface area contributed by atoms with E-state index in [4.69, 9.17) is 21.1 Å². The van der Waals surface area contributed by atoms with Gasteiger partial charge in [-0.25, -0.2) is 4.98 Å². The van der Waals surface area contributed by atoms with Gasteiger partial charge < -0.3 is 19.7 Å². The second-order valence-electron chi connectivity index (χ2n) is 6.84. The lowest BCUT2D eigenvalue weighted by Gasteiger charge is -2.31. The molecule has 0 unspecified atom stereocenters. The largest absolute Gasteiger partial charge is 0.497 e. The van der Waals surface area contributed by atoms with Crippen molar-refractivity contribution in [2.75, 3.05) is 38.7 Å². The van der Waals surface area contributed by atoms with Crippen LogP contribution in [0.2, 0.25) is 5.02 Å². The van der Waals surface area contributed by atoms with Crippen molar-refractivity contribution in [2.45, 2.75) is 19.3 Å². The molecule has 1 saturated heterocycles. The number of hydrogen-bond acceptors (Lipinski definition) is 5.